The number of rotatable bonds is 4. The van der Waals surface area contributed by atoms with Crippen LogP contribution >= 0.6 is 0 Å². The fourth-order valence-electron chi connectivity index (χ4n) is 1.25. The summed E-state index contributed by atoms with van der Waals surface area (Å²) in [6.07, 6.45) is 8.91. The van der Waals surface area contributed by atoms with Crippen molar-refractivity contribution in [3.05, 3.63) is 35.7 Å². The summed E-state index contributed by atoms with van der Waals surface area (Å²) in [6, 6.07) is 1.85. The molecule has 0 aliphatic rings. The third-order valence-corrected chi connectivity index (χ3v) is 1.93. The Labute approximate surface area is 85.3 Å². The number of aromatic nitrogens is 1. The van der Waals surface area contributed by atoms with Crippen LogP contribution in [0.25, 0.3) is 6.08 Å². The van der Waals surface area contributed by atoms with Gasteiger partial charge in [-0.1, -0.05) is 36.7 Å². The first kappa shape index (κ1) is 10.8. The van der Waals surface area contributed by atoms with Gasteiger partial charge >= 0.3 is 0 Å². The van der Waals surface area contributed by atoms with Crippen LogP contribution in [0.1, 0.15) is 33.0 Å². The van der Waals surface area contributed by atoms with Gasteiger partial charge < -0.3 is 4.52 Å². The van der Waals surface area contributed by atoms with E-state index in [4.69, 9.17) is 4.52 Å². The minimum absolute atomic E-state index is 0.681. The van der Waals surface area contributed by atoms with Gasteiger partial charge in [0.05, 0.1) is 6.20 Å². The van der Waals surface area contributed by atoms with Gasteiger partial charge in [0, 0.05) is 6.07 Å². The average Bonchev–Trinajstić information content (AvgIpc) is 2.64. The Morgan fingerprint density at radius 3 is 2.86 bits per heavy atom. The molecule has 0 N–H and O–H groups in total. The van der Waals surface area contributed by atoms with Crippen LogP contribution in [0.15, 0.2) is 34.5 Å². The third kappa shape index (κ3) is 3.60. The molecule has 0 amide bonds. The van der Waals surface area contributed by atoms with Crippen molar-refractivity contribution in [3.8, 4) is 0 Å². The summed E-state index contributed by atoms with van der Waals surface area (Å²) in [5.41, 5.74) is 1.33. The van der Waals surface area contributed by atoms with E-state index in [0.29, 0.717) is 5.92 Å². The zero-order chi connectivity index (χ0) is 10.4. The van der Waals surface area contributed by atoms with Crippen LogP contribution < -0.4 is 0 Å². The number of hydrogen-bond donors (Lipinski definition) is 0. The van der Waals surface area contributed by atoms with Gasteiger partial charge in [-0.25, -0.2) is 0 Å². The van der Waals surface area contributed by atoms with Gasteiger partial charge in [0.2, 0.25) is 0 Å². The largest absolute Gasteiger partial charge is 0.357 e. The molecule has 0 fully saturated rings. The fourth-order valence-corrected chi connectivity index (χ4v) is 1.25. The van der Waals surface area contributed by atoms with E-state index < -0.39 is 0 Å². The number of nitrogens with zero attached hydrogens (tertiary/aromatic N) is 1. The highest BCUT2D eigenvalue weighted by atomic mass is 16.5. The lowest BCUT2D eigenvalue weighted by Gasteiger charge is -2.03. The Hall–Kier alpha value is -1.31. The van der Waals surface area contributed by atoms with Crippen molar-refractivity contribution in [3.63, 3.8) is 0 Å². The maximum atomic E-state index is 4.97. The maximum absolute atomic E-state index is 4.97. The molecule has 1 aromatic rings. The van der Waals surface area contributed by atoms with Crippen molar-refractivity contribution < 1.29 is 4.52 Å². The predicted molar refractivity (Wildman–Crippen MR) is 58.7 cm³/mol. The summed E-state index contributed by atoms with van der Waals surface area (Å²) < 4.78 is 4.97. The lowest BCUT2D eigenvalue weighted by Crippen LogP contribution is -1.88. The second kappa shape index (κ2) is 5.43. The molecule has 14 heavy (non-hydrogen) atoms. The molecule has 0 aliphatic carbocycles. The lowest BCUT2D eigenvalue weighted by atomic mass is 10.0. The van der Waals surface area contributed by atoms with Gasteiger partial charge in [-0.05, 0) is 25.3 Å². The van der Waals surface area contributed by atoms with Gasteiger partial charge in [0.15, 0.2) is 5.76 Å². The SMILES string of the molecule is C/C=C(\C=C/c1ccno1)CC(C)C. The van der Waals surface area contributed by atoms with Crippen molar-refractivity contribution in [1.82, 2.24) is 5.16 Å². The molecule has 0 spiro atoms. The summed E-state index contributed by atoms with van der Waals surface area (Å²) in [7, 11) is 0. The van der Waals surface area contributed by atoms with Crippen LogP contribution in [0.3, 0.4) is 0 Å². The number of allylic oxidation sites excluding steroid dienone is 3. The molecule has 76 valence electrons. The molecule has 2 nitrogen and oxygen atoms in total. The van der Waals surface area contributed by atoms with E-state index in [1.54, 1.807) is 6.20 Å². The molecule has 0 saturated carbocycles. The molecule has 1 rings (SSSR count). The Morgan fingerprint density at radius 1 is 1.57 bits per heavy atom. The Kier molecular flexibility index (Phi) is 4.17. The van der Waals surface area contributed by atoms with Crippen molar-refractivity contribution in [2.24, 2.45) is 5.92 Å². The summed E-state index contributed by atoms with van der Waals surface area (Å²) in [4.78, 5) is 0. The molecule has 0 aliphatic heterocycles. The molecule has 0 unspecified atom stereocenters. The Morgan fingerprint density at radius 2 is 2.36 bits per heavy atom. The smallest absolute Gasteiger partial charge is 0.159 e. The highest BCUT2D eigenvalue weighted by Crippen LogP contribution is 2.13. The Bertz CT molecular complexity index is 307. The van der Waals surface area contributed by atoms with Crippen LogP contribution in [0.5, 0.6) is 0 Å². The van der Waals surface area contributed by atoms with Crippen molar-refractivity contribution in [2.75, 3.05) is 0 Å². The molecule has 0 radical (unpaired) electrons. The quantitative estimate of drug-likeness (QED) is 0.678. The second-order valence-corrected chi connectivity index (χ2v) is 3.71. The summed E-state index contributed by atoms with van der Waals surface area (Å²) in [5.74, 6) is 1.48. The normalized spacial score (nSPS) is 13.0. The molecule has 0 bridgehead atoms. The maximum Gasteiger partial charge on any atom is 0.159 e. The zero-order valence-corrected chi connectivity index (χ0v) is 9.03. The monoisotopic (exact) mass is 191 g/mol. The zero-order valence-electron chi connectivity index (χ0n) is 9.03. The minimum Gasteiger partial charge on any atom is -0.357 e. The first-order valence-electron chi connectivity index (χ1n) is 4.96. The van der Waals surface area contributed by atoms with Gasteiger partial charge in [-0.3, -0.25) is 0 Å². The molecule has 1 heterocycles. The van der Waals surface area contributed by atoms with Crippen LogP contribution in [-0.4, -0.2) is 5.16 Å². The van der Waals surface area contributed by atoms with Gasteiger partial charge in [0.1, 0.15) is 0 Å². The fraction of sp³-hybridized carbons (Fsp3) is 0.417. The van der Waals surface area contributed by atoms with E-state index in [2.05, 4.69) is 38.1 Å². The van der Waals surface area contributed by atoms with Crippen LogP contribution in [0.4, 0.5) is 0 Å². The van der Waals surface area contributed by atoms with Gasteiger partial charge in [0.25, 0.3) is 0 Å². The standard InChI is InChI=1S/C12H17NO/c1-4-11(9-10(2)3)5-6-12-7-8-13-14-12/h4-8,10H,9H2,1-3H3/b6-5-,11-4+. The van der Waals surface area contributed by atoms with E-state index in [-0.39, 0.29) is 0 Å². The van der Waals surface area contributed by atoms with E-state index in [9.17, 15) is 0 Å². The van der Waals surface area contributed by atoms with Crippen molar-refractivity contribution in [2.45, 2.75) is 27.2 Å². The number of hydrogen-bond acceptors (Lipinski definition) is 2. The topological polar surface area (TPSA) is 26.0 Å². The summed E-state index contributed by atoms with van der Waals surface area (Å²) in [5, 5.41) is 3.64. The lowest BCUT2D eigenvalue weighted by molar-refractivity contribution is 0.412. The van der Waals surface area contributed by atoms with Crippen molar-refractivity contribution in [1.29, 1.82) is 0 Å². The second-order valence-electron chi connectivity index (χ2n) is 3.71. The summed E-state index contributed by atoms with van der Waals surface area (Å²) in [6.45, 7) is 6.49. The average molecular weight is 191 g/mol. The summed E-state index contributed by atoms with van der Waals surface area (Å²) >= 11 is 0. The van der Waals surface area contributed by atoms with E-state index in [0.717, 1.165) is 12.2 Å². The Balaban J connectivity index is 2.57. The van der Waals surface area contributed by atoms with E-state index in [1.807, 2.05) is 12.1 Å². The van der Waals surface area contributed by atoms with Crippen LogP contribution in [-0.2, 0) is 0 Å². The first-order chi connectivity index (χ1) is 6.72. The molecule has 2 heteroatoms. The van der Waals surface area contributed by atoms with E-state index in [1.165, 1.54) is 5.57 Å². The first-order valence-corrected chi connectivity index (χ1v) is 4.96. The third-order valence-electron chi connectivity index (χ3n) is 1.93. The van der Waals surface area contributed by atoms with Gasteiger partial charge in [-0.2, -0.15) is 0 Å². The molecule has 0 atom stereocenters. The predicted octanol–water partition coefficient (Wildman–Crippen LogP) is 3.68. The molecular formula is C12H17NO. The molecule has 0 saturated heterocycles. The molecule has 1 aromatic heterocycles. The van der Waals surface area contributed by atoms with E-state index >= 15 is 0 Å². The highest BCUT2D eigenvalue weighted by molar-refractivity contribution is 5.46. The molecule has 0 aromatic carbocycles. The molecular weight excluding hydrogens is 174 g/mol. The van der Waals surface area contributed by atoms with Gasteiger partial charge in [-0.15, -0.1) is 0 Å². The van der Waals surface area contributed by atoms with Crippen LogP contribution in [0, 0.1) is 5.92 Å². The minimum atomic E-state index is 0.681. The van der Waals surface area contributed by atoms with Crippen molar-refractivity contribution >= 4 is 6.08 Å². The van der Waals surface area contributed by atoms with Crippen LogP contribution in [0.2, 0.25) is 0 Å². The highest BCUT2D eigenvalue weighted by Gasteiger charge is 1.97.